The normalized spacial score (nSPS) is 20.8. The van der Waals surface area contributed by atoms with Crippen molar-refractivity contribution in [3.63, 3.8) is 0 Å². The number of hydrogen-bond donors (Lipinski definition) is 2. The Morgan fingerprint density at radius 2 is 2.39 bits per heavy atom. The second kappa shape index (κ2) is 5.98. The molecule has 1 atom stereocenters. The zero-order valence-corrected chi connectivity index (χ0v) is 10.7. The van der Waals surface area contributed by atoms with Gasteiger partial charge in [0, 0.05) is 32.2 Å². The summed E-state index contributed by atoms with van der Waals surface area (Å²) in [7, 11) is 0. The Labute approximate surface area is 108 Å². The van der Waals surface area contributed by atoms with Gasteiger partial charge in [0.15, 0.2) is 0 Å². The maximum absolute atomic E-state index is 10.9. The molecule has 0 saturated carbocycles. The molecule has 1 saturated heterocycles. The standard InChI is InChI=1S/C14H20N2O2/c1-2-13-10-16(7-6-15-13)9-11-4-3-5-12(8-11)14(17)18/h3-5,8,13,15H,2,6-7,9-10H2,1H3,(H,17,18)/t13-/m0/s1. The number of nitrogens with zero attached hydrogens (tertiary/aromatic N) is 1. The van der Waals surface area contributed by atoms with Crippen molar-refractivity contribution in [1.29, 1.82) is 0 Å². The van der Waals surface area contributed by atoms with Gasteiger partial charge in [-0.1, -0.05) is 19.1 Å². The van der Waals surface area contributed by atoms with Gasteiger partial charge in [-0.25, -0.2) is 4.79 Å². The predicted octanol–water partition coefficient (Wildman–Crippen LogP) is 1.57. The minimum atomic E-state index is -0.858. The molecule has 1 aromatic rings. The second-order valence-electron chi connectivity index (χ2n) is 4.80. The van der Waals surface area contributed by atoms with E-state index in [1.165, 1.54) is 0 Å². The molecule has 0 aromatic heterocycles. The maximum atomic E-state index is 10.9. The molecule has 1 heterocycles. The number of aromatic carboxylic acids is 1. The van der Waals surface area contributed by atoms with Gasteiger partial charge in [-0.2, -0.15) is 0 Å². The molecule has 0 amide bonds. The van der Waals surface area contributed by atoms with Crippen LogP contribution in [0.15, 0.2) is 24.3 Å². The average Bonchev–Trinajstić information content (AvgIpc) is 2.39. The number of nitrogens with one attached hydrogen (secondary N) is 1. The van der Waals surface area contributed by atoms with E-state index in [1.54, 1.807) is 12.1 Å². The van der Waals surface area contributed by atoms with Gasteiger partial charge < -0.3 is 10.4 Å². The molecule has 1 aliphatic rings. The molecule has 1 fully saturated rings. The molecule has 1 aromatic carbocycles. The van der Waals surface area contributed by atoms with Crippen LogP contribution in [0.2, 0.25) is 0 Å². The maximum Gasteiger partial charge on any atom is 0.335 e. The van der Waals surface area contributed by atoms with Crippen LogP contribution in [-0.2, 0) is 6.54 Å². The highest BCUT2D eigenvalue weighted by atomic mass is 16.4. The fraction of sp³-hybridized carbons (Fsp3) is 0.500. The number of hydrogen-bond acceptors (Lipinski definition) is 3. The summed E-state index contributed by atoms with van der Waals surface area (Å²) in [5, 5.41) is 12.4. The van der Waals surface area contributed by atoms with Crippen molar-refractivity contribution in [2.24, 2.45) is 0 Å². The highest BCUT2D eigenvalue weighted by Crippen LogP contribution is 2.11. The molecule has 0 aliphatic carbocycles. The van der Waals surface area contributed by atoms with Crippen LogP contribution in [0.3, 0.4) is 0 Å². The predicted molar refractivity (Wildman–Crippen MR) is 70.8 cm³/mol. The summed E-state index contributed by atoms with van der Waals surface area (Å²) in [5.41, 5.74) is 1.45. The number of carboxylic acids is 1. The van der Waals surface area contributed by atoms with E-state index in [9.17, 15) is 4.79 Å². The van der Waals surface area contributed by atoms with Gasteiger partial charge in [0.1, 0.15) is 0 Å². The van der Waals surface area contributed by atoms with Crippen molar-refractivity contribution in [3.05, 3.63) is 35.4 Å². The van der Waals surface area contributed by atoms with Gasteiger partial charge in [0.25, 0.3) is 0 Å². The molecule has 4 nitrogen and oxygen atoms in total. The molecule has 2 N–H and O–H groups in total. The highest BCUT2D eigenvalue weighted by molar-refractivity contribution is 5.87. The zero-order chi connectivity index (χ0) is 13.0. The molecule has 0 bridgehead atoms. The van der Waals surface area contributed by atoms with E-state index >= 15 is 0 Å². The first-order valence-electron chi connectivity index (χ1n) is 6.47. The van der Waals surface area contributed by atoms with Crippen LogP contribution < -0.4 is 5.32 Å². The Kier molecular flexibility index (Phi) is 4.33. The Morgan fingerprint density at radius 3 is 3.11 bits per heavy atom. The van der Waals surface area contributed by atoms with E-state index in [2.05, 4.69) is 17.1 Å². The lowest BCUT2D eigenvalue weighted by Crippen LogP contribution is -2.49. The van der Waals surface area contributed by atoms with Crippen LogP contribution in [0, 0.1) is 0 Å². The van der Waals surface area contributed by atoms with Gasteiger partial charge in [-0.3, -0.25) is 4.90 Å². The highest BCUT2D eigenvalue weighted by Gasteiger charge is 2.17. The van der Waals surface area contributed by atoms with Crippen molar-refractivity contribution in [2.75, 3.05) is 19.6 Å². The molecule has 0 unspecified atom stereocenters. The molecule has 0 spiro atoms. The van der Waals surface area contributed by atoms with Crippen molar-refractivity contribution in [1.82, 2.24) is 10.2 Å². The van der Waals surface area contributed by atoms with Crippen molar-refractivity contribution >= 4 is 5.97 Å². The number of carbonyl (C=O) groups is 1. The van der Waals surface area contributed by atoms with Crippen molar-refractivity contribution in [2.45, 2.75) is 25.9 Å². The number of benzene rings is 1. The number of rotatable bonds is 4. The molecule has 0 radical (unpaired) electrons. The van der Waals surface area contributed by atoms with Gasteiger partial charge >= 0.3 is 5.97 Å². The van der Waals surface area contributed by atoms with E-state index in [-0.39, 0.29) is 0 Å². The number of carboxylic acid groups (broad SMARTS) is 1. The van der Waals surface area contributed by atoms with Gasteiger partial charge in [-0.15, -0.1) is 0 Å². The Hall–Kier alpha value is -1.39. The molecular weight excluding hydrogens is 228 g/mol. The third-order valence-corrected chi connectivity index (χ3v) is 3.41. The summed E-state index contributed by atoms with van der Waals surface area (Å²) in [5.74, 6) is -0.858. The number of piperazine rings is 1. The summed E-state index contributed by atoms with van der Waals surface area (Å²) >= 11 is 0. The van der Waals surface area contributed by atoms with Crippen LogP contribution in [0.4, 0.5) is 0 Å². The van der Waals surface area contributed by atoms with Crippen LogP contribution in [0.25, 0.3) is 0 Å². The first kappa shape index (κ1) is 13.1. The van der Waals surface area contributed by atoms with Crippen LogP contribution in [0.1, 0.15) is 29.3 Å². The Bertz CT molecular complexity index is 420. The molecule has 4 heteroatoms. The Morgan fingerprint density at radius 1 is 1.56 bits per heavy atom. The van der Waals surface area contributed by atoms with E-state index in [0.717, 1.165) is 38.2 Å². The largest absolute Gasteiger partial charge is 0.478 e. The van der Waals surface area contributed by atoms with Crippen molar-refractivity contribution in [3.8, 4) is 0 Å². The lowest BCUT2D eigenvalue weighted by atomic mass is 10.1. The molecule has 98 valence electrons. The summed E-state index contributed by atoms with van der Waals surface area (Å²) in [6, 6.07) is 7.78. The summed E-state index contributed by atoms with van der Waals surface area (Å²) < 4.78 is 0. The molecule has 18 heavy (non-hydrogen) atoms. The Balaban J connectivity index is 2.00. The smallest absolute Gasteiger partial charge is 0.335 e. The first-order chi connectivity index (χ1) is 8.69. The lowest BCUT2D eigenvalue weighted by Gasteiger charge is -2.33. The van der Waals surface area contributed by atoms with E-state index in [1.807, 2.05) is 12.1 Å². The van der Waals surface area contributed by atoms with Crippen LogP contribution >= 0.6 is 0 Å². The third-order valence-electron chi connectivity index (χ3n) is 3.41. The fourth-order valence-corrected chi connectivity index (χ4v) is 2.37. The quantitative estimate of drug-likeness (QED) is 0.849. The lowest BCUT2D eigenvalue weighted by molar-refractivity contribution is 0.0696. The first-order valence-corrected chi connectivity index (χ1v) is 6.47. The SMILES string of the molecule is CC[C@H]1CN(Cc2cccc(C(=O)O)c2)CCN1. The summed E-state index contributed by atoms with van der Waals surface area (Å²) in [6.45, 7) is 6.09. The van der Waals surface area contributed by atoms with Gasteiger partial charge in [-0.05, 0) is 24.1 Å². The van der Waals surface area contributed by atoms with Crippen LogP contribution in [0.5, 0.6) is 0 Å². The monoisotopic (exact) mass is 248 g/mol. The molecule has 1 aliphatic heterocycles. The molecule has 2 rings (SSSR count). The van der Waals surface area contributed by atoms with E-state index < -0.39 is 5.97 Å². The molecular formula is C14H20N2O2. The third kappa shape index (κ3) is 3.31. The van der Waals surface area contributed by atoms with Gasteiger partial charge in [0.05, 0.1) is 5.56 Å². The average molecular weight is 248 g/mol. The van der Waals surface area contributed by atoms with Gasteiger partial charge in [0.2, 0.25) is 0 Å². The summed E-state index contributed by atoms with van der Waals surface area (Å²) in [6.07, 6.45) is 1.13. The fourth-order valence-electron chi connectivity index (χ4n) is 2.37. The van der Waals surface area contributed by atoms with E-state index in [4.69, 9.17) is 5.11 Å². The minimum Gasteiger partial charge on any atom is -0.478 e. The zero-order valence-electron chi connectivity index (χ0n) is 10.7. The second-order valence-corrected chi connectivity index (χ2v) is 4.80. The van der Waals surface area contributed by atoms with Crippen LogP contribution in [-0.4, -0.2) is 41.7 Å². The van der Waals surface area contributed by atoms with E-state index in [0.29, 0.717) is 11.6 Å². The minimum absolute atomic E-state index is 0.370. The van der Waals surface area contributed by atoms with Crippen molar-refractivity contribution < 1.29 is 9.90 Å². The topological polar surface area (TPSA) is 52.6 Å². The summed E-state index contributed by atoms with van der Waals surface area (Å²) in [4.78, 5) is 13.3.